The second-order valence-electron chi connectivity index (χ2n) is 4.97. The van der Waals surface area contributed by atoms with Crippen LogP contribution >= 0.6 is 0 Å². The quantitative estimate of drug-likeness (QED) is 0.773. The van der Waals surface area contributed by atoms with Crippen molar-refractivity contribution in [2.45, 2.75) is 26.4 Å². The van der Waals surface area contributed by atoms with Crippen molar-refractivity contribution in [3.8, 4) is 29.2 Å². The summed E-state index contributed by atoms with van der Waals surface area (Å²) in [5.41, 5.74) is 2.70. The van der Waals surface area contributed by atoms with Gasteiger partial charge in [0.1, 0.15) is 5.75 Å². The van der Waals surface area contributed by atoms with Crippen LogP contribution in [0.15, 0.2) is 42.6 Å². The average molecular weight is 251 g/mol. The minimum Gasteiger partial charge on any atom is -0.475 e. The Morgan fingerprint density at radius 2 is 1.79 bits per heavy atom. The maximum absolute atomic E-state index is 5.72. The number of ether oxygens (including phenoxy) is 1. The van der Waals surface area contributed by atoms with Gasteiger partial charge in [0.15, 0.2) is 5.60 Å². The second-order valence-corrected chi connectivity index (χ2v) is 4.97. The molecule has 0 saturated heterocycles. The van der Waals surface area contributed by atoms with E-state index in [1.807, 2.05) is 57.3 Å². The Hall–Kier alpha value is -2.27. The molecule has 1 aromatic carbocycles. The molecule has 0 aliphatic rings. The predicted octanol–water partition coefficient (Wildman–Crippen LogP) is 3.85. The van der Waals surface area contributed by atoms with Crippen molar-refractivity contribution in [1.82, 2.24) is 4.98 Å². The van der Waals surface area contributed by atoms with E-state index < -0.39 is 5.60 Å². The van der Waals surface area contributed by atoms with Crippen molar-refractivity contribution in [2.75, 3.05) is 0 Å². The van der Waals surface area contributed by atoms with Crippen molar-refractivity contribution in [2.24, 2.45) is 0 Å². The number of pyridine rings is 1. The van der Waals surface area contributed by atoms with E-state index >= 15 is 0 Å². The molecular weight excluding hydrogens is 234 g/mol. The fourth-order valence-electron chi connectivity index (χ4n) is 1.76. The van der Waals surface area contributed by atoms with Crippen molar-refractivity contribution in [1.29, 1.82) is 0 Å². The van der Waals surface area contributed by atoms with Crippen LogP contribution in [-0.4, -0.2) is 10.6 Å². The highest BCUT2D eigenvalue weighted by Gasteiger charge is 2.15. The molecule has 0 unspecified atom stereocenters. The first-order valence-electron chi connectivity index (χ1n) is 6.20. The molecule has 2 rings (SSSR count). The highest BCUT2D eigenvalue weighted by atomic mass is 16.5. The molecule has 2 heteroatoms. The van der Waals surface area contributed by atoms with Gasteiger partial charge in [0.05, 0.1) is 0 Å². The zero-order valence-corrected chi connectivity index (χ0v) is 11.5. The van der Waals surface area contributed by atoms with Gasteiger partial charge >= 0.3 is 0 Å². The van der Waals surface area contributed by atoms with Crippen molar-refractivity contribution in [3.63, 3.8) is 0 Å². The number of aryl methyl sites for hydroxylation is 1. The Labute approximate surface area is 114 Å². The number of aromatic nitrogens is 1. The molecule has 0 aliphatic carbocycles. The molecule has 2 nitrogen and oxygen atoms in total. The molecule has 0 amide bonds. The Morgan fingerprint density at radius 1 is 1.11 bits per heavy atom. The van der Waals surface area contributed by atoms with Crippen molar-refractivity contribution < 1.29 is 4.74 Å². The van der Waals surface area contributed by atoms with E-state index in [9.17, 15) is 0 Å². The summed E-state index contributed by atoms with van der Waals surface area (Å²) in [6, 6.07) is 12.0. The van der Waals surface area contributed by atoms with Gasteiger partial charge < -0.3 is 4.74 Å². The standard InChI is InChI=1S/C17H17NO/c1-5-17(3,4)19-16-8-6-14(7-9-16)15-10-11-18-13(2)12-15/h1,6-12H,2-4H3. The number of nitrogens with zero attached hydrogens (tertiary/aromatic N) is 1. The van der Waals surface area contributed by atoms with E-state index in [0.717, 1.165) is 22.6 Å². The molecule has 19 heavy (non-hydrogen) atoms. The molecule has 0 atom stereocenters. The fraction of sp³-hybridized carbons (Fsp3) is 0.235. The maximum Gasteiger partial charge on any atom is 0.163 e. The van der Waals surface area contributed by atoms with Crippen LogP contribution in [0.2, 0.25) is 0 Å². The number of benzene rings is 1. The lowest BCUT2D eigenvalue weighted by Gasteiger charge is -2.20. The van der Waals surface area contributed by atoms with Gasteiger partial charge in [-0.3, -0.25) is 4.98 Å². The summed E-state index contributed by atoms with van der Waals surface area (Å²) in [5, 5.41) is 0. The lowest BCUT2D eigenvalue weighted by Crippen LogP contribution is -2.25. The molecule has 0 aliphatic heterocycles. The summed E-state index contributed by atoms with van der Waals surface area (Å²) >= 11 is 0. The van der Waals surface area contributed by atoms with E-state index in [0.29, 0.717) is 0 Å². The van der Waals surface area contributed by atoms with Gasteiger partial charge in [0.25, 0.3) is 0 Å². The molecule has 0 radical (unpaired) electrons. The Kier molecular flexibility index (Phi) is 3.57. The molecule has 1 heterocycles. The summed E-state index contributed by atoms with van der Waals surface area (Å²) in [4.78, 5) is 4.20. The van der Waals surface area contributed by atoms with Crippen LogP contribution in [-0.2, 0) is 0 Å². The van der Waals surface area contributed by atoms with E-state index in [-0.39, 0.29) is 0 Å². The highest BCUT2D eigenvalue weighted by molar-refractivity contribution is 5.64. The molecule has 2 aromatic rings. The first-order chi connectivity index (χ1) is 9.00. The number of hydrogen-bond donors (Lipinski definition) is 0. The molecular formula is C17H17NO. The van der Waals surface area contributed by atoms with Gasteiger partial charge in [0.2, 0.25) is 0 Å². The monoisotopic (exact) mass is 251 g/mol. The van der Waals surface area contributed by atoms with Crippen LogP contribution in [0.3, 0.4) is 0 Å². The zero-order valence-electron chi connectivity index (χ0n) is 11.5. The third kappa shape index (κ3) is 3.35. The lowest BCUT2D eigenvalue weighted by atomic mass is 10.1. The van der Waals surface area contributed by atoms with E-state index in [1.165, 1.54) is 0 Å². The number of terminal acetylenes is 1. The van der Waals surface area contributed by atoms with Crippen LogP contribution in [0.1, 0.15) is 19.5 Å². The van der Waals surface area contributed by atoms with E-state index in [1.54, 1.807) is 0 Å². The van der Waals surface area contributed by atoms with Gasteiger partial charge in [-0.25, -0.2) is 0 Å². The summed E-state index contributed by atoms with van der Waals surface area (Å²) in [7, 11) is 0. The molecule has 0 spiro atoms. The minimum atomic E-state index is -0.589. The van der Waals surface area contributed by atoms with Crippen LogP contribution < -0.4 is 4.74 Å². The number of rotatable bonds is 3. The maximum atomic E-state index is 5.72. The first kappa shape index (κ1) is 13.2. The Balaban J connectivity index is 2.22. The number of hydrogen-bond acceptors (Lipinski definition) is 2. The normalized spacial score (nSPS) is 10.8. The third-order valence-corrected chi connectivity index (χ3v) is 2.80. The van der Waals surface area contributed by atoms with Crippen molar-refractivity contribution >= 4 is 0 Å². The lowest BCUT2D eigenvalue weighted by molar-refractivity contribution is 0.172. The summed E-state index contributed by atoms with van der Waals surface area (Å²) in [6.45, 7) is 5.72. The van der Waals surface area contributed by atoms with Crippen molar-refractivity contribution in [3.05, 3.63) is 48.3 Å². The molecule has 0 saturated carbocycles. The SMILES string of the molecule is C#CC(C)(C)Oc1ccc(-c2ccnc(C)c2)cc1. The van der Waals surface area contributed by atoms with Gasteiger partial charge in [-0.05, 0) is 56.2 Å². The summed E-state index contributed by atoms with van der Waals surface area (Å²) in [6.07, 6.45) is 7.23. The van der Waals surface area contributed by atoms with Crippen LogP contribution in [0, 0.1) is 19.3 Å². The largest absolute Gasteiger partial charge is 0.475 e. The van der Waals surface area contributed by atoms with E-state index in [2.05, 4.69) is 17.0 Å². The topological polar surface area (TPSA) is 22.1 Å². The second kappa shape index (κ2) is 5.16. The first-order valence-corrected chi connectivity index (χ1v) is 6.20. The smallest absolute Gasteiger partial charge is 0.163 e. The van der Waals surface area contributed by atoms with Gasteiger partial charge in [-0.1, -0.05) is 18.1 Å². The fourth-order valence-corrected chi connectivity index (χ4v) is 1.76. The summed E-state index contributed by atoms with van der Waals surface area (Å²) < 4.78 is 5.72. The van der Waals surface area contributed by atoms with Gasteiger partial charge in [-0.15, -0.1) is 6.42 Å². The Bertz CT molecular complexity index is 606. The zero-order chi connectivity index (χ0) is 13.9. The van der Waals surface area contributed by atoms with Crippen LogP contribution in [0.4, 0.5) is 0 Å². The van der Waals surface area contributed by atoms with Gasteiger partial charge in [-0.2, -0.15) is 0 Å². The van der Waals surface area contributed by atoms with Crippen LogP contribution in [0.25, 0.3) is 11.1 Å². The predicted molar refractivity (Wildman–Crippen MR) is 78.0 cm³/mol. The third-order valence-electron chi connectivity index (χ3n) is 2.80. The molecule has 0 fully saturated rings. The average Bonchev–Trinajstić information content (AvgIpc) is 2.39. The highest BCUT2D eigenvalue weighted by Crippen LogP contribution is 2.24. The minimum absolute atomic E-state index is 0.589. The molecule has 0 N–H and O–H groups in total. The van der Waals surface area contributed by atoms with Gasteiger partial charge in [0, 0.05) is 11.9 Å². The van der Waals surface area contributed by atoms with E-state index in [4.69, 9.17) is 11.2 Å². The molecule has 1 aromatic heterocycles. The molecule has 96 valence electrons. The van der Waals surface area contributed by atoms with Crippen LogP contribution in [0.5, 0.6) is 5.75 Å². The molecule has 0 bridgehead atoms. The summed E-state index contributed by atoms with van der Waals surface area (Å²) in [5.74, 6) is 3.39. The Morgan fingerprint density at radius 3 is 2.37 bits per heavy atom.